The summed E-state index contributed by atoms with van der Waals surface area (Å²) in [6.45, 7) is 5.51. The number of rotatable bonds is 7. The summed E-state index contributed by atoms with van der Waals surface area (Å²) in [7, 11) is 0. The van der Waals surface area contributed by atoms with Gasteiger partial charge in [-0.3, -0.25) is 9.20 Å². The third-order valence-electron chi connectivity index (χ3n) is 3.75. The molecule has 26 heavy (non-hydrogen) atoms. The second kappa shape index (κ2) is 7.84. The number of ether oxygens (including phenoxy) is 1. The summed E-state index contributed by atoms with van der Waals surface area (Å²) in [5.41, 5.74) is 2.46. The van der Waals surface area contributed by atoms with Gasteiger partial charge in [0.05, 0.1) is 6.10 Å². The number of ketones is 1. The van der Waals surface area contributed by atoms with Crippen molar-refractivity contribution in [1.82, 2.24) is 19.6 Å². The third kappa shape index (κ3) is 4.20. The molecule has 2 heterocycles. The lowest BCUT2D eigenvalue weighted by Crippen LogP contribution is -2.20. The maximum Gasteiger partial charge on any atom is 0.256 e. The molecule has 8 heteroatoms. The number of benzene rings is 1. The fourth-order valence-electron chi connectivity index (χ4n) is 2.51. The lowest BCUT2D eigenvalue weighted by molar-refractivity contribution is 0.101. The van der Waals surface area contributed by atoms with Crippen LogP contribution < -0.4 is 4.74 Å². The number of nitrogens with zero attached hydrogens (tertiary/aromatic N) is 4. The summed E-state index contributed by atoms with van der Waals surface area (Å²) in [6.07, 6.45) is -0.688. The standard InChI is InChI=1S/C18H20N4O3S/c1-11-7-12(2)22-17(19-11)20-21-18(22)26-10-15(24)9-25-16-6-4-5-14(8-16)13(3)23/h4-8,15,24H,9-10H2,1-3H3/t15-/m1/s1. The molecule has 0 aliphatic carbocycles. The Bertz CT molecular complexity index is 941. The van der Waals surface area contributed by atoms with E-state index in [1.165, 1.54) is 18.7 Å². The number of aromatic nitrogens is 4. The van der Waals surface area contributed by atoms with Crippen molar-refractivity contribution >= 4 is 23.3 Å². The largest absolute Gasteiger partial charge is 0.491 e. The van der Waals surface area contributed by atoms with Crippen molar-refractivity contribution < 1.29 is 14.6 Å². The molecule has 7 nitrogen and oxygen atoms in total. The molecule has 0 bridgehead atoms. The van der Waals surface area contributed by atoms with Crippen LogP contribution in [0.4, 0.5) is 0 Å². The van der Waals surface area contributed by atoms with Crippen molar-refractivity contribution in [1.29, 1.82) is 0 Å². The number of fused-ring (bicyclic) bond motifs is 1. The van der Waals surface area contributed by atoms with Crippen LogP contribution in [0.1, 0.15) is 28.7 Å². The van der Waals surface area contributed by atoms with E-state index < -0.39 is 6.10 Å². The van der Waals surface area contributed by atoms with Gasteiger partial charge in [0.25, 0.3) is 5.78 Å². The van der Waals surface area contributed by atoms with Crippen LogP contribution >= 0.6 is 11.8 Å². The second-order valence-electron chi connectivity index (χ2n) is 6.02. The van der Waals surface area contributed by atoms with Gasteiger partial charge in [0.15, 0.2) is 10.9 Å². The number of aryl methyl sites for hydroxylation is 2. The highest BCUT2D eigenvalue weighted by Crippen LogP contribution is 2.20. The van der Waals surface area contributed by atoms with E-state index in [1.807, 2.05) is 24.3 Å². The van der Waals surface area contributed by atoms with Gasteiger partial charge in [0.1, 0.15) is 12.4 Å². The number of carbonyl (C=O) groups is 1. The number of thioether (sulfide) groups is 1. The molecular formula is C18H20N4O3S. The van der Waals surface area contributed by atoms with Gasteiger partial charge in [0.2, 0.25) is 0 Å². The normalized spacial score (nSPS) is 12.3. The van der Waals surface area contributed by atoms with Gasteiger partial charge in [-0.05, 0) is 39.0 Å². The molecular weight excluding hydrogens is 352 g/mol. The van der Waals surface area contributed by atoms with Gasteiger partial charge >= 0.3 is 0 Å². The fraction of sp³-hybridized carbons (Fsp3) is 0.333. The van der Waals surface area contributed by atoms with Crippen LogP contribution in [0.25, 0.3) is 5.78 Å². The minimum atomic E-state index is -0.688. The molecule has 0 saturated heterocycles. The van der Waals surface area contributed by atoms with E-state index >= 15 is 0 Å². The molecule has 0 spiro atoms. The first kappa shape index (κ1) is 18.3. The summed E-state index contributed by atoms with van der Waals surface area (Å²) in [5, 5.41) is 19.1. The van der Waals surface area contributed by atoms with Crippen LogP contribution in [0.5, 0.6) is 5.75 Å². The summed E-state index contributed by atoms with van der Waals surface area (Å²) in [4.78, 5) is 15.7. The van der Waals surface area contributed by atoms with Crippen molar-refractivity contribution in [3.05, 3.63) is 47.3 Å². The predicted molar refractivity (Wildman–Crippen MR) is 98.9 cm³/mol. The Balaban J connectivity index is 1.59. The smallest absolute Gasteiger partial charge is 0.256 e. The lowest BCUT2D eigenvalue weighted by atomic mass is 10.1. The monoisotopic (exact) mass is 372 g/mol. The fourth-order valence-corrected chi connectivity index (χ4v) is 3.40. The van der Waals surface area contributed by atoms with E-state index in [2.05, 4.69) is 15.2 Å². The Morgan fingerprint density at radius 1 is 1.31 bits per heavy atom. The van der Waals surface area contributed by atoms with E-state index in [0.717, 1.165) is 11.4 Å². The molecule has 0 aliphatic heterocycles. The molecule has 1 atom stereocenters. The van der Waals surface area contributed by atoms with Gasteiger partial charge < -0.3 is 9.84 Å². The Labute approximate surface area is 155 Å². The molecule has 1 N–H and O–H groups in total. The van der Waals surface area contributed by atoms with Crippen molar-refractivity contribution in [2.45, 2.75) is 32.0 Å². The number of Topliss-reactive ketones (excluding diaryl/α,β-unsaturated/α-hetero) is 1. The minimum absolute atomic E-state index is 0.0237. The van der Waals surface area contributed by atoms with Gasteiger partial charge in [-0.2, -0.15) is 0 Å². The average molecular weight is 372 g/mol. The molecule has 0 fully saturated rings. The first-order chi connectivity index (χ1) is 12.4. The second-order valence-corrected chi connectivity index (χ2v) is 7.00. The van der Waals surface area contributed by atoms with Crippen molar-refractivity contribution in [3.63, 3.8) is 0 Å². The zero-order valence-electron chi connectivity index (χ0n) is 14.8. The highest BCUT2D eigenvalue weighted by Gasteiger charge is 2.13. The summed E-state index contributed by atoms with van der Waals surface area (Å²) < 4.78 is 7.45. The first-order valence-corrected chi connectivity index (χ1v) is 9.16. The van der Waals surface area contributed by atoms with Gasteiger partial charge in [-0.1, -0.05) is 23.9 Å². The van der Waals surface area contributed by atoms with E-state index in [-0.39, 0.29) is 12.4 Å². The molecule has 2 aromatic heterocycles. The van der Waals surface area contributed by atoms with Crippen LogP contribution in [0.15, 0.2) is 35.5 Å². The topological polar surface area (TPSA) is 89.6 Å². The number of hydrogen-bond donors (Lipinski definition) is 1. The van der Waals surface area contributed by atoms with E-state index in [4.69, 9.17) is 4.74 Å². The van der Waals surface area contributed by atoms with Crippen LogP contribution in [-0.2, 0) is 0 Å². The quantitative estimate of drug-likeness (QED) is 0.503. The number of aliphatic hydroxyl groups excluding tert-OH is 1. The van der Waals surface area contributed by atoms with Crippen LogP contribution in [0.3, 0.4) is 0 Å². The summed E-state index contributed by atoms with van der Waals surface area (Å²) >= 11 is 1.39. The molecule has 0 radical (unpaired) electrons. The predicted octanol–water partition coefficient (Wildman–Crippen LogP) is 2.48. The average Bonchev–Trinajstić information content (AvgIpc) is 3.01. The zero-order valence-corrected chi connectivity index (χ0v) is 15.7. The van der Waals surface area contributed by atoms with Crippen molar-refractivity contribution in [3.8, 4) is 5.75 Å². The van der Waals surface area contributed by atoms with Gasteiger partial charge in [0, 0.05) is 22.7 Å². The van der Waals surface area contributed by atoms with Crippen LogP contribution in [0.2, 0.25) is 0 Å². The molecule has 0 unspecified atom stereocenters. The van der Waals surface area contributed by atoms with E-state index in [1.54, 1.807) is 24.3 Å². The number of aliphatic hydroxyl groups is 1. The molecule has 0 saturated carbocycles. The maximum atomic E-state index is 11.4. The highest BCUT2D eigenvalue weighted by atomic mass is 32.2. The Morgan fingerprint density at radius 2 is 2.12 bits per heavy atom. The van der Waals surface area contributed by atoms with Gasteiger partial charge in [-0.15, -0.1) is 10.2 Å². The summed E-state index contributed by atoms with van der Waals surface area (Å²) in [6, 6.07) is 8.88. The molecule has 3 rings (SSSR count). The molecule has 0 amide bonds. The van der Waals surface area contributed by atoms with Crippen LogP contribution in [-0.4, -0.2) is 48.9 Å². The molecule has 0 aliphatic rings. The zero-order chi connectivity index (χ0) is 18.7. The Kier molecular flexibility index (Phi) is 5.53. The minimum Gasteiger partial charge on any atom is -0.491 e. The van der Waals surface area contributed by atoms with Crippen molar-refractivity contribution in [2.75, 3.05) is 12.4 Å². The molecule has 136 valence electrons. The third-order valence-corrected chi connectivity index (χ3v) is 4.82. The first-order valence-electron chi connectivity index (χ1n) is 8.18. The van der Waals surface area contributed by atoms with E-state index in [0.29, 0.717) is 28.0 Å². The maximum absolute atomic E-state index is 11.4. The Hall–Kier alpha value is -2.45. The molecule has 3 aromatic rings. The highest BCUT2D eigenvalue weighted by molar-refractivity contribution is 7.99. The number of carbonyl (C=O) groups excluding carboxylic acids is 1. The van der Waals surface area contributed by atoms with Crippen molar-refractivity contribution in [2.24, 2.45) is 0 Å². The lowest BCUT2D eigenvalue weighted by Gasteiger charge is -2.12. The molecule has 1 aromatic carbocycles. The summed E-state index contributed by atoms with van der Waals surface area (Å²) in [5.74, 6) is 1.49. The van der Waals surface area contributed by atoms with Gasteiger partial charge in [-0.25, -0.2) is 4.98 Å². The van der Waals surface area contributed by atoms with Crippen LogP contribution in [0, 0.1) is 13.8 Å². The Morgan fingerprint density at radius 3 is 2.88 bits per heavy atom. The van der Waals surface area contributed by atoms with E-state index in [9.17, 15) is 9.90 Å². The SMILES string of the molecule is CC(=O)c1cccc(OC[C@@H](O)CSc2nnc3nc(C)cc(C)n23)c1. The number of hydrogen-bond acceptors (Lipinski definition) is 7.